The number of aromatic nitrogens is 2. The maximum absolute atomic E-state index is 12.8. The van der Waals surface area contributed by atoms with Crippen LogP contribution in [0.1, 0.15) is 16.7 Å². The van der Waals surface area contributed by atoms with Gasteiger partial charge in [0.15, 0.2) is 0 Å². The summed E-state index contributed by atoms with van der Waals surface area (Å²) in [7, 11) is 1.64. The Labute approximate surface area is 224 Å². The van der Waals surface area contributed by atoms with Gasteiger partial charge in [-0.1, -0.05) is 35.9 Å². The normalized spacial score (nSPS) is 13.9. The van der Waals surface area contributed by atoms with Gasteiger partial charge in [-0.05, 0) is 67.4 Å². The molecule has 1 aliphatic rings. The molecule has 0 unspecified atom stereocenters. The highest BCUT2D eigenvalue weighted by Gasteiger charge is 2.19. The molecule has 0 bridgehead atoms. The van der Waals surface area contributed by atoms with Gasteiger partial charge >= 0.3 is 0 Å². The molecule has 1 amide bonds. The predicted octanol–water partition coefficient (Wildman–Crippen LogP) is 4.60. The molecule has 1 aromatic heterocycles. The Morgan fingerprint density at radius 2 is 1.74 bits per heavy atom. The van der Waals surface area contributed by atoms with Crippen LogP contribution in [0.4, 0.5) is 5.69 Å². The van der Waals surface area contributed by atoms with Crippen molar-refractivity contribution in [1.82, 2.24) is 20.0 Å². The van der Waals surface area contributed by atoms with E-state index in [0.717, 1.165) is 48.7 Å². The monoisotopic (exact) mass is 509 g/mol. The number of piperazine rings is 1. The molecule has 4 aromatic rings. The van der Waals surface area contributed by atoms with Crippen LogP contribution in [-0.2, 0) is 11.2 Å². The zero-order valence-corrected chi connectivity index (χ0v) is 22.4. The van der Waals surface area contributed by atoms with Crippen LogP contribution < -0.4 is 15.0 Å². The number of hydrogen-bond donors (Lipinski definition) is 1. The molecule has 5 rings (SSSR count). The number of carbonyl (C=O) groups is 1. The first-order chi connectivity index (χ1) is 18.5. The van der Waals surface area contributed by atoms with Crippen LogP contribution in [0.3, 0.4) is 0 Å². The fraction of sp³-hybridized carbons (Fsp3) is 0.290. The standard InChI is InChI=1S/C31H35N5O2/c1-23-9-10-30(24(2)17-23)35-15-13-34(14-16-35)22-32-31(37)20-25-18-26(21-28(19-25)38-3)29-11-12-36(33-29)27-7-5-4-6-8-27/h4-12,17-19,21H,13-16,20,22H2,1-3H3,(H,32,37). The highest BCUT2D eigenvalue weighted by Crippen LogP contribution is 2.26. The molecular weight excluding hydrogens is 474 g/mol. The third-order valence-corrected chi connectivity index (χ3v) is 7.04. The maximum Gasteiger partial charge on any atom is 0.225 e. The SMILES string of the molecule is COc1cc(CC(=O)NCN2CCN(c3ccc(C)cc3C)CC2)cc(-c2ccn(-c3ccccc3)n2)c1. The number of nitrogens with zero attached hydrogens (tertiary/aromatic N) is 4. The number of aryl methyl sites for hydroxylation is 2. The quantitative estimate of drug-likeness (QED) is 0.376. The van der Waals surface area contributed by atoms with Crippen LogP contribution in [0.25, 0.3) is 16.9 Å². The lowest BCUT2D eigenvalue weighted by Crippen LogP contribution is -2.50. The molecule has 0 saturated carbocycles. The molecule has 7 heteroatoms. The van der Waals surface area contributed by atoms with E-state index in [1.807, 2.05) is 65.5 Å². The number of rotatable bonds is 8. The van der Waals surface area contributed by atoms with Crippen LogP contribution in [0, 0.1) is 13.8 Å². The minimum absolute atomic E-state index is 0.00386. The number of amides is 1. The minimum Gasteiger partial charge on any atom is -0.497 e. The smallest absolute Gasteiger partial charge is 0.225 e. The molecule has 2 heterocycles. The topological polar surface area (TPSA) is 62.6 Å². The van der Waals surface area contributed by atoms with Crippen molar-refractivity contribution in [1.29, 1.82) is 0 Å². The fourth-order valence-corrected chi connectivity index (χ4v) is 4.99. The first kappa shape index (κ1) is 25.5. The van der Waals surface area contributed by atoms with Gasteiger partial charge in [-0.2, -0.15) is 5.10 Å². The van der Waals surface area contributed by atoms with Gasteiger partial charge in [0.1, 0.15) is 5.75 Å². The molecule has 0 atom stereocenters. The number of ether oxygens (including phenoxy) is 1. The van der Waals surface area contributed by atoms with Gasteiger partial charge in [-0.3, -0.25) is 9.69 Å². The maximum atomic E-state index is 12.8. The molecule has 0 spiro atoms. The summed E-state index contributed by atoms with van der Waals surface area (Å²) >= 11 is 0. The van der Waals surface area contributed by atoms with Crippen molar-refractivity contribution in [2.24, 2.45) is 0 Å². The van der Waals surface area contributed by atoms with Crippen LogP contribution >= 0.6 is 0 Å². The second-order valence-electron chi connectivity index (χ2n) is 9.88. The average molecular weight is 510 g/mol. The zero-order valence-electron chi connectivity index (χ0n) is 22.4. The van der Waals surface area contributed by atoms with Gasteiger partial charge in [-0.15, -0.1) is 0 Å². The van der Waals surface area contributed by atoms with Crippen molar-refractivity contribution >= 4 is 11.6 Å². The van der Waals surface area contributed by atoms with Crippen molar-refractivity contribution < 1.29 is 9.53 Å². The van der Waals surface area contributed by atoms with Crippen LogP contribution in [0.2, 0.25) is 0 Å². The molecule has 7 nitrogen and oxygen atoms in total. The number of hydrogen-bond acceptors (Lipinski definition) is 5. The molecule has 0 radical (unpaired) electrons. The van der Waals surface area contributed by atoms with Crippen LogP contribution in [-0.4, -0.2) is 60.5 Å². The summed E-state index contributed by atoms with van der Waals surface area (Å²) < 4.78 is 7.38. The van der Waals surface area contributed by atoms with E-state index in [-0.39, 0.29) is 12.3 Å². The Bertz CT molecular complexity index is 1390. The van der Waals surface area contributed by atoms with Crippen molar-refractivity contribution in [2.75, 3.05) is 44.9 Å². The number of carbonyl (C=O) groups excluding carboxylic acids is 1. The van der Waals surface area contributed by atoms with E-state index in [4.69, 9.17) is 9.84 Å². The molecule has 1 aliphatic heterocycles. The number of nitrogens with one attached hydrogen (secondary N) is 1. The lowest BCUT2D eigenvalue weighted by atomic mass is 10.0. The summed E-state index contributed by atoms with van der Waals surface area (Å²) in [5.41, 5.74) is 7.55. The summed E-state index contributed by atoms with van der Waals surface area (Å²) in [6, 6.07) is 24.5. The summed E-state index contributed by atoms with van der Waals surface area (Å²) in [6.07, 6.45) is 2.22. The van der Waals surface area contributed by atoms with E-state index < -0.39 is 0 Å². The average Bonchev–Trinajstić information content (AvgIpc) is 3.43. The van der Waals surface area contributed by atoms with E-state index in [2.05, 4.69) is 47.2 Å². The Morgan fingerprint density at radius 1 is 0.947 bits per heavy atom. The van der Waals surface area contributed by atoms with Crippen LogP contribution in [0.5, 0.6) is 5.75 Å². The first-order valence-corrected chi connectivity index (χ1v) is 13.1. The lowest BCUT2D eigenvalue weighted by Gasteiger charge is -2.36. The van der Waals surface area contributed by atoms with E-state index in [1.54, 1.807) is 7.11 Å². The van der Waals surface area contributed by atoms with Gasteiger partial charge in [0, 0.05) is 43.6 Å². The van der Waals surface area contributed by atoms with Gasteiger partial charge < -0.3 is 15.0 Å². The molecule has 196 valence electrons. The summed E-state index contributed by atoms with van der Waals surface area (Å²) in [5, 5.41) is 7.84. The lowest BCUT2D eigenvalue weighted by molar-refractivity contribution is -0.121. The Hall–Kier alpha value is -4.10. The third-order valence-electron chi connectivity index (χ3n) is 7.04. The first-order valence-electron chi connectivity index (χ1n) is 13.1. The van der Waals surface area contributed by atoms with Crippen LogP contribution in [0.15, 0.2) is 79.0 Å². The number of methoxy groups -OCH3 is 1. The molecule has 38 heavy (non-hydrogen) atoms. The molecule has 1 saturated heterocycles. The molecular formula is C31H35N5O2. The number of para-hydroxylation sites is 1. The van der Waals surface area contributed by atoms with Crippen molar-refractivity contribution in [2.45, 2.75) is 20.3 Å². The summed E-state index contributed by atoms with van der Waals surface area (Å²) in [6.45, 7) is 8.60. The van der Waals surface area contributed by atoms with Gasteiger partial charge in [0.05, 0.1) is 31.6 Å². The number of benzene rings is 3. The Kier molecular flexibility index (Phi) is 7.75. The van der Waals surface area contributed by atoms with E-state index in [1.165, 1.54) is 16.8 Å². The molecule has 1 fully saturated rings. The van der Waals surface area contributed by atoms with E-state index in [0.29, 0.717) is 12.4 Å². The highest BCUT2D eigenvalue weighted by atomic mass is 16.5. The Balaban J connectivity index is 1.17. The Morgan fingerprint density at radius 3 is 2.47 bits per heavy atom. The third kappa shape index (κ3) is 6.06. The van der Waals surface area contributed by atoms with Gasteiger partial charge in [0.2, 0.25) is 5.91 Å². The molecule has 0 aliphatic carbocycles. The molecule has 3 aromatic carbocycles. The second-order valence-corrected chi connectivity index (χ2v) is 9.88. The zero-order chi connectivity index (χ0) is 26.5. The van der Waals surface area contributed by atoms with Crippen molar-refractivity contribution in [3.05, 3.63) is 95.7 Å². The van der Waals surface area contributed by atoms with E-state index >= 15 is 0 Å². The van der Waals surface area contributed by atoms with E-state index in [9.17, 15) is 4.79 Å². The second kappa shape index (κ2) is 11.5. The molecule has 1 N–H and O–H groups in total. The predicted molar refractivity (Wildman–Crippen MR) is 152 cm³/mol. The number of anilines is 1. The minimum atomic E-state index is -0.00386. The highest BCUT2D eigenvalue weighted by molar-refractivity contribution is 5.79. The largest absolute Gasteiger partial charge is 0.497 e. The van der Waals surface area contributed by atoms with Crippen molar-refractivity contribution in [3.8, 4) is 22.7 Å². The van der Waals surface area contributed by atoms with Gasteiger partial charge in [0.25, 0.3) is 0 Å². The van der Waals surface area contributed by atoms with Crippen molar-refractivity contribution in [3.63, 3.8) is 0 Å². The summed E-state index contributed by atoms with van der Waals surface area (Å²) in [5.74, 6) is 0.706. The van der Waals surface area contributed by atoms with Gasteiger partial charge in [-0.25, -0.2) is 4.68 Å². The summed E-state index contributed by atoms with van der Waals surface area (Å²) in [4.78, 5) is 17.6. The fourth-order valence-electron chi connectivity index (χ4n) is 4.99.